The van der Waals surface area contributed by atoms with Gasteiger partial charge in [0, 0.05) is 14.9 Å². The Labute approximate surface area is 254 Å². The lowest BCUT2D eigenvalue weighted by atomic mass is 9.76. The molecule has 2 rings (SSSR count). The molecule has 0 radical (unpaired) electrons. The van der Waals surface area contributed by atoms with E-state index in [-0.39, 0.29) is 18.3 Å². The fourth-order valence-electron chi connectivity index (χ4n) is 3.64. The minimum absolute atomic E-state index is 0.0855. The highest BCUT2D eigenvalue weighted by molar-refractivity contribution is 9.10. The molecule has 2 aromatic carbocycles. The Balaban J connectivity index is 2.44. The summed E-state index contributed by atoms with van der Waals surface area (Å²) in [4.78, 5) is 25.2. The Bertz CT molecular complexity index is 1160. The average Bonchev–Trinajstić information content (AvgIpc) is 2.85. The summed E-state index contributed by atoms with van der Waals surface area (Å²) in [6.07, 6.45) is -1.98. The molecule has 0 saturated carbocycles. The molecule has 0 aliphatic carbocycles. The summed E-state index contributed by atoms with van der Waals surface area (Å²) in [7, 11) is -6.70. The highest BCUT2D eigenvalue weighted by Gasteiger charge is 2.53. The largest absolute Gasteiger partial charge is 0.481 e. The van der Waals surface area contributed by atoms with E-state index < -0.39 is 51.5 Å². The van der Waals surface area contributed by atoms with E-state index >= 15 is 0 Å². The Hall–Kier alpha value is -1.33. The zero-order valence-corrected chi connectivity index (χ0v) is 29.0. The number of carboxylic acid groups (broad SMARTS) is 2. The minimum Gasteiger partial charge on any atom is -0.481 e. The van der Waals surface area contributed by atoms with Crippen LogP contribution in [0, 0.1) is 11.3 Å². The first-order valence-corrected chi connectivity index (χ1v) is 19.0. The van der Waals surface area contributed by atoms with Crippen LogP contribution < -0.4 is 0 Å². The van der Waals surface area contributed by atoms with Crippen LogP contribution in [0.3, 0.4) is 0 Å². The zero-order chi connectivity index (χ0) is 30.5. The highest BCUT2D eigenvalue weighted by Crippen LogP contribution is 2.56. The van der Waals surface area contributed by atoms with Crippen molar-refractivity contribution in [1.29, 1.82) is 0 Å². The average molecular weight is 722 g/mol. The lowest BCUT2D eigenvalue weighted by Gasteiger charge is -2.43. The molecule has 0 amide bonds. The quantitative estimate of drug-likeness (QED) is 0.148. The first-order chi connectivity index (χ1) is 18.3. The van der Waals surface area contributed by atoms with E-state index in [2.05, 4.69) is 31.9 Å². The van der Waals surface area contributed by atoms with Crippen molar-refractivity contribution in [3.63, 3.8) is 0 Å². The third-order valence-corrected chi connectivity index (χ3v) is 15.2. The van der Waals surface area contributed by atoms with Crippen LogP contribution in [0.1, 0.15) is 45.7 Å². The summed E-state index contributed by atoms with van der Waals surface area (Å²) in [6, 6.07) is 14.4. The summed E-state index contributed by atoms with van der Waals surface area (Å²) in [5, 5.41) is 20.2. The van der Waals surface area contributed by atoms with Crippen LogP contribution in [-0.4, -0.2) is 42.7 Å². The zero-order valence-electron chi connectivity index (χ0n) is 23.9. The number of aliphatic carboxylic acids is 2. The van der Waals surface area contributed by atoms with Gasteiger partial charge in [-0.2, -0.15) is 0 Å². The molecule has 0 spiro atoms. The fraction of sp³-hybridized carbons (Fsp3) is 0.500. The topological polar surface area (TPSA) is 119 Å². The molecule has 2 aromatic rings. The van der Waals surface area contributed by atoms with Crippen molar-refractivity contribution in [2.45, 2.75) is 72.1 Å². The second kappa shape index (κ2) is 13.8. The Kier molecular flexibility index (Phi) is 12.0. The van der Waals surface area contributed by atoms with Crippen molar-refractivity contribution in [1.82, 2.24) is 0 Å². The fourth-order valence-corrected chi connectivity index (χ4v) is 7.64. The van der Waals surface area contributed by atoms with E-state index in [1.54, 1.807) is 24.3 Å². The maximum Gasteiger partial charge on any atom is 0.332 e. The number of hydrogen-bond acceptors (Lipinski definition) is 6. The van der Waals surface area contributed by atoms with Gasteiger partial charge in [0.2, 0.25) is 0 Å². The Morgan fingerprint density at radius 2 is 1.27 bits per heavy atom. The van der Waals surface area contributed by atoms with Gasteiger partial charge in [-0.25, -0.2) is 4.79 Å². The molecule has 3 atom stereocenters. The molecule has 8 nitrogen and oxygen atoms in total. The number of halogens is 2. The van der Waals surface area contributed by atoms with Gasteiger partial charge < -0.3 is 23.7 Å². The molecule has 12 heteroatoms. The van der Waals surface area contributed by atoms with Gasteiger partial charge >= 0.3 is 19.5 Å². The summed E-state index contributed by atoms with van der Waals surface area (Å²) in [6.45, 7) is 12.4. The van der Waals surface area contributed by atoms with E-state index in [1.165, 1.54) is 13.8 Å². The Morgan fingerprint density at radius 1 is 0.875 bits per heavy atom. The van der Waals surface area contributed by atoms with Crippen LogP contribution in [0.4, 0.5) is 0 Å². The second-order valence-electron chi connectivity index (χ2n) is 11.7. The van der Waals surface area contributed by atoms with E-state index in [0.29, 0.717) is 11.1 Å². The van der Waals surface area contributed by atoms with Crippen molar-refractivity contribution in [2.24, 2.45) is 11.3 Å². The van der Waals surface area contributed by atoms with Crippen LogP contribution in [0.25, 0.3) is 0 Å². The van der Waals surface area contributed by atoms with E-state index in [0.717, 1.165) is 8.95 Å². The highest BCUT2D eigenvalue weighted by atomic mass is 79.9. The van der Waals surface area contributed by atoms with Gasteiger partial charge in [0.15, 0.2) is 8.32 Å². The van der Waals surface area contributed by atoms with E-state index in [9.17, 15) is 24.4 Å². The standard InChI is InChI=1S/C28H39Br2O8PSi/c1-19(24(25(31)32)38-40(6,7)27(2,3)4)28(5,26(33)34)18-39(35,36-16-20-8-12-22(29)13-9-20)37-17-21-10-14-23(30)15-11-21/h8-15,19,24H,16-18H2,1-7H3,(H,31,32)(H,33,34)/t19?,24-,28-/m0/s1. The SMILES string of the molecule is CC([C@H](O[Si](C)(C)C(C)(C)C)C(=O)O)[C@](C)(CP(=O)(OCc1ccc(Br)cc1)OCc1ccc(Br)cc1)C(=O)O. The van der Waals surface area contributed by atoms with Gasteiger partial charge in [-0.15, -0.1) is 0 Å². The maximum absolute atomic E-state index is 14.2. The third-order valence-electron chi connectivity index (χ3n) is 7.62. The molecule has 40 heavy (non-hydrogen) atoms. The minimum atomic E-state index is -4.10. The summed E-state index contributed by atoms with van der Waals surface area (Å²) in [5.74, 6) is -3.66. The van der Waals surface area contributed by atoms with Crippen LogP contribution in [0.15, 0.2) is 57.5 Å². The number of rotatable bonds is 14. The molecule has 1 unspecified atom stereocenters. The van der Waals surface area contributed by atoms with Crippen LogP contribution in [0.2, 0.25) is 18.1 Å². The Morgan fingerprint density at radius 3 is 1.60 bits per heavy atom. The molecule has 222 valence electrons. The summed E-state index contributed by atoms with van der Waals surface area (Å²) < 4.78 is 33.9. The van der Waals surface area contributed by atoms with Crippen LogP contribution >= 0.6 is 39.5 Å². The second-order valence-corrected chi connectivity index (χ2v) is 20.4. The molecule has 0 heterocycles. The van der Waals surface area contributed by atoms with Gasteiger partial charge in [0.1, 0.15) is 6.10 Å². The molecule has 0 saturated heterocycles. The lowest BCUT2D eigenvalue weighted by molar-refractivity contribution is -0.159. The van der Waals surface area contributed by atoms with Crippen molar-refractivity contribution in [3.05, 3.63) is 68.6 Å². The lowest BCUT2D eigenvalue weighted by Crippen LogP contribution is -2.53. The molecular weight excluding hydrogens is 683 g/mol. The molecule has 0 bridgehead atoms. The predicted molar refractivity (Wildman–Crippen MR) is 165 cm³/mol. The van der Waals surface area contributed by atoms with Crippen molar-refractivity contribution in [3.8, 4) is 0 Å². The number of hydrogen-bond donors (Lipinski definition) is 2. The molecule has 0 aromatic heterocycles. The van der Waals surface area contributed by atoms with Gasteiger partial charge in [-0.3, -0.25) is 9.36 Å². The van der Waals surface area contributed by atoms with E-state index in [4.69, 9.17) is 13.5 Å². The summed E-state index contributed by atoms with van der Waals surface area (Å²) in [5.41, 5.74) is -0.392. The van der Waals surface area contributed by atoms with Gasteiger partial charge in [0.25, 0.3) is 0 Å². The van der Waals surface area contributed by atoms with Gasteiger partial charge in [-0.05, 0) is 60.4 Å². The predicted octanol–water partition coefficient (Wildman–Crippen LogP) is 8.34. The van der Waals surface area contributed by atoms with Crippen molar-refractivity contribution < 1.29 is 37.8 Å². The van der Waals surface area contributed by atoms with Crippen molar-refractivity contribution >= 4 is 59.7 Å². The molecule has 0 fully saturated rings. The third kappa shape index (κ3) is 9.34. The first kappa shape index (κ1) is 34.9. The molecular formula is C28H39Br2O8PSi. The number of carboxylic acids is 2. The summed E-state index contributed by atoms with van der Waals surface area (Å²) >= 11 is 6.75. The normalized spacial score (nSPS) is 15.7. The van der Waals surface area contributed by atoms with Gasteiger partial charge in [-0.1, -0.05) is 83.8 Å². The number of carbonyl (C=O) groups is 2. The van der Waals surface area contributed by atoms with Gasteiger partial charge in [0.05, 0.1) is 24.8 Å². The number of benzene rings is 2. The molecule has 0 aliphatic rings. The van der Waals surface area contributed by atoms with E-state index in [1.807, 2.05) is 58.1 Å². The molecule has 0 aliphatic heterocycles. The van der Waals surface area contributed by atoms with Crippen LogP contribution in [-0.2, 0) is 40.8 Å². The first-order valence-electron chi connectivity index (χ1n) is 12.8. The smallest absolute Gasteiger partial charge is 0.332 e. The molecule has 2 N–H and O–H groups in total. The van der Waals surface area contributed by atoms with Crippen LogP contribution in [0.5, 0.6) is 0 Å². The maximum atomic E-state index is 14.2. The monoisotopic (exact) mass is 720 g/mol. The van der Waals surface area contributed by atoms with Crippen molar-refractivity contribution in [2.75, 3.05) is 6.16 Å².